The van der Waals surface area contributed by atoms with Gasteiger partial charge in [-0.05, 0) is 46.7 Å². The van der Waals surface area contributed by atoms with Gasteiger partial charge in [0.15, 0.2) is 0 Å². The molecule has 5 rings (SSSR count). The minimum Gasteiger partial charge on any atom is -0.460 e. The van der Waals surface area contributed by atoms with Crippen molar-refractivity contribution in [3.8, 4) is 17.2 Å². The number of carbonyl (C=O) groups is 1. The van der Waals surface area contributed by atoms with Gasteiger partial charge in [-0.25, -0.2) is 4.79 Å². The fraction of sp³-hybridized carbons (Fsp3) is 0. The van der Waals surface area contributed by atoms with Crippen molar-refractivity contribution in [2.24, 2.45) is 0 Å². The molecule has 0 bridgehead atoms. The number of fused-ring (bicyclic) bond motifs is 2. The Hall–Kier alpha value is -5.24. The Labute approximate surface area is 203 Å². The number of nitro benzene ring substituents is 1. The molecule has 36 heavy (non-hydrogen) atoms. The Morgan fingerprint density at radius 3 is 2.53 bits per heavy atom. The van der Waals surface area contributed by atoms with E-state index in [4.69, 9.17) is 13.9 Å². The highest BCUT2D eigenvalue weighted by molar-refractivity contribution is 5.89. The van der Waals surface area contributed by atoms with Crippen LogP contribution in [-0.2, 0) is 4.79 Å². The Bertz CT molecular complexity index is 1720. The van der Waals surface area contributed by atoms with Crippen molar-refractivity contribution < 1.29 is 23.6 Å². The Kier molecular flexibility index (Phi) is 5.98. The summed E-state index contributed by atoms with van der Waals surface area (Å²) in [6.45, 7) is 0. The van der Waals surface area contributed by atoms with Gasteiger partial charge in [0, 0.05) is 24.3 Å². The fourth-order valence-electron chi connectivity index (χ4n) is 3.64. The van der Waals surface area contributed by atoms with E-state index in [2.05, 4.69) is 0 Å². The zero-order valence-electron chi connectivity index (χ0n) is 18.6. The summed E-state index contributed by atoms with van der Waals surface area (Å²) in [6.07, 6.45) is 3.78. The molecule has 8 heteroatoms. The SMILES string of the molecule is O=C(C=Cc1cccc([N+](=O)[O-])c1)Oc1ccc2c(=O)c(Oc3ccc4ccccc4c3)coc2c1. The number of rotatable bonds is 6. The number of non-ortho nitro benzene ring substituents is 1. The van der Waals surface area contributed by atoms with Crippen LogP contribution in [0.3, 0.4) is 0 Å². The number of esters is 1. The molecule has 4 aromatic carbocycles. The van der Waals surface area contributed by atoms with E-state index in [1.165, 1.54) is 48.7 Å². The zero-order chi connectivity index (χ0) is 25.1. The summed E-state index contributed by atoms with van der Waals surface area (Å²) in [6, 6.07) is 23.5. The summed E-state index contributed by atoms with van der Waals surface area (Å²) in [5.41, 5.74) is 0.246. The highest BCUT2D eigenvalue weighted by Crippen LogP contribution is 2.27. The third-order valence-corrected chi connectivity index (χ3v) is 5.37. The van der Waals surface area contributed by atoms with Gasteiger partial charge < -0.3 is 13.9 Å². The molecule has 0 fully saturated rings. The molecule has 0 aliphatic carbocycles. The Morgan fingerprint density at radius 2 is 1.69 bits per heavy atom. The van der Waals surface area contributed by atoms with Crippen LogP contribution in [0.5, 0.6) is 17.2 Å². The molecule has 0 aliphatic rings. The van der Waals surface area contributed by atoms with Crippen LogP contribution in [-0.4, -0.2) is 10.9 Å². The lowest BCUT2D eigenvalue weighted by molar-refractivity contribution is -0.384. The first kappa shape index (κ1) is 22.5. The van der Waals surface area contributed by atoms with E-state index in [0.29, 0.717) is 11.3 Å². The van der Waals surface area contributed by atoms with E-state index in [9.17, 15) is 19.7 Å². The molecule has 0 radical (unpaired) electrons. The number of hydrogen-bond acceptors (Lipinski definition) is 7. The highest BCUT2D eigenvalue weighted by atomic mass is 16.6. The average molecular weight is 479 g/mol. The standard InChI is InChI=1S/C28H17NO7/c30-27(13-8-18-4-3-7-21(14-18)29(32)33)36-23-11-12-24-25(16-23)34-17-26(28(24)31)35-22-10-9-19-5-1-2-6-20(19)15-22/h1-17H. The molecule has 0 saturated heterocycles. The number of carbonyl (C=O) groups excluding carboxylic acids is 1. The van der Waals surface area contributed by atoms with Crippen molar-refractivity contribution in [1.82, 2.24) is 0 Å². The van der Waals surface area contributed by atoms with Crippen LogP contribution in [0.1, 0.15) is 5.56 Å². The molecule has 0 unspecified atom stereocenters. The van der Waals surface area contributed by atoms with Gasteiger partial charge in [0.2, 0.25) is 11.2 Å². The van der Waals surface area contributed by atoms with Crippen molar-refractivity contribution in [3.05, 3.63) is 123 Å². The second-order valence-electron chi connectivity index (χ2n) is 7.80. The summed E-state index contributed by atoms with van der Waals surface area (Å²) in [5.74, 6) is 0.00542. The van der Waals surface area contributed by atoms with Gasteiger partial charge in [-0.1, -0.05) is 42.5 Å². The molecule has 5 aromatic rings. The van der Waals surface area contributed by atoms with Crippen molar-refractivity contribution in [1.29, 1.82) is 0 Å². The summed E-state index contributed by atoms with van der Waals surface area (Å²) >= 11 is 0. The smallest absolute Gasteiger partial charge is 0.336 e. The van der Waals surface area contributed by atoms with E-state index in [1.54, 1.807) is 12.1 Å². The van der Waals surface area contributed by atoms with Crippen LogP contribution < -0.4 is 14.9 Å². The van der Waals surface area contributed by atoms with Gasteiger partial charge in [-0.15, -0.1) is 0 Å². The van der Waals surface area contributed by atoms with Crippen molar-refractivity contribution in [3.63, 3.8) is 0 Å². The number of nitrogens with zero attached hydrogens (tertiary/aromatic N) is 1. The summed E-state index contributed by atoms with van der Waals surface area (Å²) < 4.78 is 16.6. The first-order valence-electron chi connectivity index (χ1n) is 10.8. The lowest BCUT2D eigenvalue weighted by Crippen LogP contribution is -2.06. The molecule has 176 valence electrons. The van der Waals surface area contributed by atoms with Crippen LogP contribution in [0.2, 0.25) is 0 Å². The molecule has 0 aliphatic heterocycles. The fourth-order valence-corrected chi connectivity index (χ4v) is 3.64. The highest BCUT2D eigenvalue weighted by Gasteiger charge is 2.12. The van der Waals surface area contributed by atoms with E-state index >= 15 is 0 Å². The summed E-state index contributed by atoms with van der Waals surface area (Å²) in [5, 5.41) is 13.2. The third kappa shape index (κ3) is 4.83. The summed E-state index contributed by atoms with van der Waals surface area (Å²) in [4.78, 5) is 35.5. The number of benzene rings is 4. The second kappa shape index (κ2) is 9.55. The second-order valence-corrected chi connectivity index (χ2v) is 7.80. The van der Waals surface area contributed by atoms with Gasteiger partial charge in [0.25, 0.3) is 5.69 Å². The molecule has 1 heterocycles. The molecule has 0 amide bonds. The van der Waals surface area contributed by atoms with Crippen LogP contribution in [0, 0.1) is 10.1 Å². The zero-order valence-corrected chi connectivity index (χ0v) is 18.6. The van der Waals surface area contributed by atoms with Crippen molar-refractivity contribution >= 4 is 39.5 Å². The van der Waals surface area contributed by atoms with E-state index in [-0.39, 0.29) is 33.6 Å². The number of nitro groups is 1. The molecule has 0 spiro atoms. The molecular formula is C28H17NO7. The molecule has 8 nitrogen and oxygen atoms in total. The predicted molar refractivity (Wildman–Crippen MR) is 134 cm³/mol. The number of hydrogen-bond donors (Lipinski definition) is 0. The maximum absolute atomic E-state index is 12.9. The van der Waals surface area contributed by atoms with Gasteiger partial charge in [-0.3, -0.25) is 14.9 Å². The van der Waals surface area contributed by atoms with Crippen LogP contribution in [0.4, 0.5) is 5.69 Å². The van der Waals surface area contributed by atoms with Crippen LogP contribution in [0.25, 0.3) is 27.8 Å². The molecule has 0 saturated carbocycles. The van der Waals surface area contributed by atoms with Crippen LogP contribution >= 0.6 is 0 Å². The average Bonchev–Trinajstić information content (AvgIpc) is 2.89. The molecular weight excluding hydrogens is 462 g/mol. The van der Waals surface area contributed by atoms with Gasteiger partial charge in [-0.2, -0.15) is 0 Å². The third-order valence-electron chi connectivity index (χ3n) is 5.37. The van der Waals surface area contributed by atoms with E-state index in [0.717, 1.165) is 16.8 Å². The minimum absolute atomic E-state index is 0.0300. The Morgan fingerprint density at radius 1 is 0.889 bits per heavy atom. The van der Waals surface area contributed by atoms with E-state index in [1.807, 2.05) is 36.4 Å². The molecule has 0 atom stereocenters. The van der Waals surface area contributed by atoms with Gasteiger partial charge in [0.1, 0.15) is 23.3 Å². The summed E-state index contributed by atoms with van der Waals surface area (Å²) in [7, 11) is 0. The lowest BCUT2D eigenvalue weighted by Gasteiger charge is -2.07. The van der Waals surface area contributed by atoms with Crippen molar-refractivity contribution in [2.75, 3.05) is 0 Å². The first-order chi connectivity index (χ1) is 17.5. The van der Waals surface area contributed by atoms with Crippen molar-refractivity contribution in [2.45, 2.75) is 0 Å². The normalized spacial score (nSPS) is 11.1. The first-order valence-corrected chi connectivity index (χ1v) is 10.8. The number of ether oxygens (including phenoxy) is 2. The predicted octanol–water partition coefficient (Wildman–Crippen LogP) is 6.27. The monoisotopic (exact) mass is 479 g/mol. The van der Waals surface area contributed by atoms with E-state index < -0.39 is 10.9 Å². The lowest BCUT2D eigenvalue weighted by atomic mass is 10.1. The Balaban J connectivity index is 1.32. The largest absolute Gasteiger partial charge is 0.460 e. The van der Waals surface area contributed by atoms with Gasteiger partial charge in [0.05, 0.1) is 10.3 Å². The minimum atomic E-state index is -0.695. The quantitative estimate of drug-likeness (QED) is 0.0929. The molecule has 0 N–H and O–H groups in total. The van der Waals surface area contributed by atoms with Gasteiger partial charge >= 0.3 is 5.97 Å². The topological polar surface area (TPSA) is 109 Å². The van der Waals surface area contributed by atoms with Crippen LogP contribution in [0.15, 0.2) is 106 Å². The maximum Gasteiger partial charge on any atom is 0.336 e. The molecule has 1 aromatic heterocycles. The maximum atomic E-state index is 12.9.